The Morgan fingerprint density at radius 2 is 1.94 bits per heavy atom. The molecule has 0 unspecified atom stereocenters. The zero-order valence-corrected chi connectivity index (χ0v) is 10.3. The van der Waals surface area contributed by atoms with Crippen molar-refractivity contribution >= 4 is 28.2 Å². The average Bonchev–Trinajstić information content (AvgIpc) is 2.32. The van der Waals surface area contributed by atoms with Gasteiger partial charge in [-0.15, -0.1) is 0 Å². The van der Waals surface area contributed by atoms with Crippen molar-refractivity contribution in [3.63, 3.8) is 0 Å². The van der Waals surface area contributed by atoms with Crippen LogP contribution in [0.25, 0.3) is 10.9 Å². The molecule has 1 heterocycles. The molecule has 0 atom stereocenters. The van der Waals surface area contributed by atoms with Gasteiger partial charge in [-0.05, 0) is 38.1 Å². The first kappa shape index (κ1) is 11.2. The summed E-state index contributed by atoms with van der Waals surface area (Å²) in [6, 6.07) is 8.06. The largest absolute Gasteiger partial charge is 0.372 e. The lowest BCUT2D eigenvalue weighted by Crippen LogP contribution is -2.21. The van der Waals surface area contributed by atoms with Gasteiger partial charge in [0.2, 0.25) is 0 Å². The molecular weight excluding hydrogens is 220 g/mol. The van der Waals surface area contributed by atoms with Crippen LogP contribution in [0.3, 0.4) is 0 Å². The Morgan fingerprint density at radius 3 is 2.62 bits per heavy atom. The summed E-state index contributed by atoms with van der Waals surface area (Å²) in [4.78, 5) is 6.59. The summed E-state index contributed by atoms with van der Waals surface area (Å²) in [5.41, 5.74) is 2.15. The van der Waals surface area contributed by atoms with Crippen LogP contribution in [-0.2, 0) is 0 Å². The smallest absolute Gasteiger partial charge is 0.0718 e. The molecule has 0 N–H and O–H groups in total. The van der Waals surface area contributed by atoms with Crippen molar-refractivity contribution < 1.29 is 0 Å². The van der Waals surface area contributed by atoms with E-state index >= 15 is 0 Å². The van der Waals surface area contributed by atoms with E-state index in [1.807, 2.05) is 12.1 Å². The summed E-state index contributed by atoms with van der Waals surface area (Å²) in [7, 11) is 0. The highest BCUT2D eigenvalue weighted by Crippen LogP contribution is 2.26. The number of fused-ring (bicyclic) bond motifs is 1. The fraction of sp³-hybridized carbons (Fsp3) is 0.308. The van der Waals surface area contributed by atoms with Crippen molar-refractivity contribution in [1.82, 2.24) is 4.98 Å². The van der Waals surface area contributed by atoms with Gasteiger partial charge in [0.05, 0.1) is 10.5 Å². The normalized spacial score (nSPS) is 10.7. The van der Waals surface area contributed by atoms with Gasteiger partial charge in [-0.25, -0.2) is 0 Å². The molecule has 16 heavy (non-hydrogen) atoms. The molecule has 0 aliphatic rings. The Bertz CT molecular complexity index is 492. The topological polar surface area (TPSA) is 16.1 Å². The van der Waals surface area contributed by atoms with Crippen LogP contribution < -0.4 is 4.90 Å². The number of anilines is 1. The zero-order chi connectivity index (χ0) is 11.5. The summed E-state index contributed by atoms with van der Waals surface area (Å²) in [6.07, 6.45) is 1.74. The minimum atomic E-state index is 0.763. The second-order valence-electron chi connectivity index (χ2n) is 3.67. The third kappa shape index (κ3) is 1.98. The number of hydrogen-bond acceptors (Lipinski definition) is 2. The summed E-state index contributed by atoms with van der Waals surface area (Å²) >= 11 is 6.16. The highest BCUT2D eigenvalue weighted by molar-refractivity contribution is 6.35. The Morgan fingerprint density at radius 1 is 1.19 bits per heavy atom. The fourth-order valence-electron chi connectivity index (χ4n) is 1.89. The Kier molecular flexibility index (Phi) is 3.30. The van der Waals surface area contributed by atoms with E-state index in [2.05, 4.69) is 35.9 Å². The number of benzene rings is 1. The molecule has 1 aromatic heterocycles. The van der Waals surface area contributed by atoms with Gasteiger partial charge in [-0.2, -0.15) is 0 Å². The van der Waals surface area contributed by atoms with Crippen LogP contribution in [0.4, 0.5) is 5.69 Å². The molecule has 2 rings (SSSR count). The first-order valence-corrected chi connectivity index (χ1v) is 5.93. The van der Waals surface area contributed by atoms with Crippen LogP contribution in [0.5, 0.6) is 0 Å². The van der Waals surface area contributed by atoms with E-state index < -0.39 is 0 Å². The Balaban J connectivity index is 2.54. The molecule has 0 saturated heterocycles. The number of halogens is 1. The standard InChI is InChI=1S/C13H15ClN2/c1-3-16(4-2)10-5-6-13-11(9-10)12(14)7-8-15-13/h5-9H,3-4H2,1-2H3. The number of rotatable bonds is 3. The van der Waals surface area contributed by atoms with Gasteiger partial charge in [0.15, 0.2) is 0 Å². The van der Waals surface area contributed by atoms with Crippen molar-refractivity contribution in [1.29, 1.82) is 0 Å². The maximum Gasteiger partial charge on any atom is 0.0718 e. The van der Waals surface area contributed by atoms with Crippen LogP contribution in [-0.4, -0.2) is 18.1 Å². The number of pyridine rings is 1. The molecule has 0 bridgehead atoms. The molecule has 0 aliphatic heterocycles. The van der Waals surface area contributed by atoms with Crippen LogP contribution >= 0.6 is 11.6 Å². The van der Waals surface area contributed by atoms with Crippen LogP contribution in [0.15, 0.2) is 30.5 Å². The van der Waals surface area contributed by atoms with E-state index in [0.29, 0.717) is 0 Å². The van der Waals surface area contributed by atoms with Crippen molar-refractivity contribution in [2.45, 2.75) is 13.8 Å². The minimum absolute atomic E-state index is 0.763. The lowest BCUT2D eigenvalue weighted by Gasteiger charge is -2.21. The van der Waals surface area contributed by atoms with Crippen LogP contribution in [0.2, 0.25) is 5.02 Å². The van der Waals surface area contributed by atoms with E-state index in [-0.39, 0.29) is 0 Å². The first-order chi connectivity index (χ1) is 7.76. The first-order valence-electron chi connectivity index (χ1n) is 5.55. The molecule has 0 aliphatic carbocycles. The number of aromatic nitrogens is 1. The Labute approximate surface area is 101 Å². The van der Waals surface area contributed by atoms with E-state index in [1.165, 1.54) is 5.69 Å². The molecule has 2 aromatic rings. The molecule has 1 aromatic carbocycles. The van der Waals surface area contributed by atoms with Crippen LogP contribution in [0, 0.1) is 0 Å². The average molecular weight is 235 g/mol. The molecule has 2 nitrogen and oxygen atoms in total. The highest BCUT2D eigenvalue weighted by Gasteiger charge is 2.05. The summed E-state index contributed by atoms with van der Waals surface area (Å²) in [6.45, 7) is 6.30. The van der Waals surface area contributed by atoms with Gasteiger partial charge in [0.1, 0.15) is 0 Å². The zero-order valence-electron chi connectivity index (χ0n) is 9.57. The van der Waals surface area contributed by atoms with Crippen LogP contribution in [0.1, 0.15) is 13.8 Å². The van der Waals surface area contributed by atoms with E-state index in [1.54, 1.807) is 6.20 Å². The van der Waals surface area contributed by atoms with Gasteiger partial charge in [0, 0.05) is 30.4 Å². The highest BCUT2D eigenvalue weighted by atomic mass is 35.5. The van der Waals surface area contributed by atoms with Crippen molar-refractivity contribution in [2.75, 3.05) is 18.0 Å². The molecule has 0 saturated carbocycles. The SMILES string of the molecule is CCN(CC)c1ccc2nccc(Cl)c2c1. The van der Waals surface area contributed by atoms with Crippen molar-refractivity contribution in [2.24, 2.45) is 0 Å². The molecular formula is C13H15ClN2. The molecule has 84 valence electrons. The van der Waals surface area contributed by atoms with Gasteiger partial charge < -0.3 is 4.90 Å². The van der Waals surface area contributed by atoms with E-state index in [4.69, 9.17) is 11.6 Å². The summed E-state index contributed by atoms with van der Waals surface area (Å²) in [5, 5.41) is 1.78. The Hall–Kier alpha value is -1.28. The second-order valence-corrected chi connectivity index (χ2v) is 4.07. The molecule has 0 fully saturated rings. The monoisotopic (exact) mass is 234 g/mol. The third-order valence-electron chi connectivity index (χ3n) is 2.80. The van der Waals surface area contributed by atoms with Gasteiger partial charge in [-0.1, -0.05) is 11.6 Å². The second kappa shape index (κ2) is 4.71. The maximum atomic E-state index is 6.16. The predicted octanol–water partition coefficient (Wildman–Crippen LogP) is 3.73. The third-order valence-corrected chi connectivity index (χ3v) is 3.13. The van der Waals surface area contributed by atoms with Gasteiger partial charge in [-0.3, -0.25) is 4.98 Å². The quantitative estimate of drug-likeness (QED) is 0.805. The lowest BCUT2D eigenvalue weighted by molar-refractivity contribution is 0.867. The predicted molar refractivity (Wildman–Crippen MR) is 70.3 cm³/mol. The van der Waals surface area contributed by atoms with E-state index in [0.717, 1.165) is 29.0 Å². The van der Waals surface area contributed by atoms with E-state index in [9.17, 15) is 0 Å². The molecule has 0 amide bonds. The van der Waals surface area contributed by atoms with Crippen molar-refractivity contribution in [3.05, 3.63) is 35.5 Å². The maximum absolute atomic E-state index is 6.16. The number of hydrogen-bond donors (Lipinski definition) is 0. The lowest BCUT2D eigenvalue weighted by atomic mass is 10.2. The molecule has 0 radical (unpaired) electrons. The molecule has 0 spiro atoms. The van der Waals surface area contributed by atoms with Gasteiger partial charge >= 0.3 is 0 Å². The minimum Gasteiger partial charge on any atom is -0.372 e. The van der Waals surface area contributed by atoms with Crippen molar-refractivity contribution in [3.8, 4) is 0 Å². The summed E-state index contributed by atoms with van der Waals surface area (Å²) in [5.74, 6) is 0. The fourth-order valence-corrected chi connectivity index (χ4v) is 2.09. The summed E-state index contributed by atoms with van der Waals surface area (Å²) < 4.78 is 0. The number of nitrogens with zero attached hydrogens (tertiary/aromatic N) is 2. The molecule has 3 heteroatoms. The van der Waals surface area contributed by atoms with Gasteiger partial charge in [0.25, 0.3) is 0 Å².